The number of hydrogen-bond acceptors (Lipinski definition) is 4. The van der Waals surface area contributed by atoms with Crippen LogP contribution >= 0.6 is 0 Å². The molecule has 1 N–H and O–H groups in total. The third-order valence-corrected chi connectivity index (χ3v) is 4.48. The number of nitrogens with zero attached hydrogens (tertiary/aromatic N) is 4. The second kappa shape index (κ2) is 9.08. The van der Waals surface area contributed by atoms with Crippen LogP contribution in [0.25, 0.3) is 0 Å². The molecular weight excluding hydrogens is 326 g/mol. The minimum absolute atomic E-state index is 0.554. The summed E-state index contributed by atoms with van der Waals surface area (Å²) in [7, 11) is 1.64. The predicted octanol–water partition coefficient (Wildman–Crippen LogP) is 2.38. The van der Waals surface area contributed by atoms with Gasteiger partial charge in [0.2, 0.25) is 5.88 Å². The molecule has 1 fully saturated rings. The summed E-state index contributed by atoms with van der Waals surface area (Å²) < 4.78 is 5.33. The lowest BCUT2D eigenvalue weighted by Crippen LogP contribution is -2.52. The van der Waals surface area contributed by atoms with Gasteiger partial charge in [-0.1, -0.05) is 24.3 Å². The summed E-state index contributed by atoms with van der Waals surface area (Å²) in [4.78, 5) is 13.8. The Bertz CT molecular complexity index is 711. The van der Waals surface area contributed by atoms with Crippen LogP contribution in [0.2, 0.25) is 0 Å². The fourth-order valence-corrected chi connectivity index (χ4v) is 3.13. The molecule has 2 heterocycles. The van der Waals surface area contributed by atoms with Gasteiger partial charge in [0.05, 0.1) is 13.7 Å². The Hall–Kier alpha value is -2.76. The highest BCUT2D eigenvalue weighted by Gasteiger charge is 2.19. The highest BCUT2D eigenvalue weighted by atomic mass is 16.5. The van der Waals surface area contributed by atoms with Crippen LogP contribution in [0.1, 0.15) is 12.5 Å². The van der Waals surface area contributed by atoms with Gasteiger partial charge < -0.3 is 19.9 Å². The quantitative estimate of drug-likeness (QED) is 0.661. The van der Waals surface area contributed by atoms with Gasteiger partial charge in [-0.15, -0.1) is 0 Å². The summed E-state index contributed by atoms with van der Waals surface area (Å²) in [5.41, 5.74) is 2.28. The molecule has 2 aromatic rings. The second-order valence-electron chi connectivity index (χ2n) is 6.15. The van der Waals surface area contributed by atoms with Gasteiger partial charge in [0.15, 0.2) is 5.96 Å². The van der Waals surface area contributed by atoms with Crippen molar-refractivity contribution in [3.8, 4) is 5.88 Å². The summed E-state index contributed by atoms with van der Waals surface area (Å²) in [5, 5.41) is 3.41. The lowest BCUT2D eigenvalue weighted by Gasteiger charge is -2.37. The maximum Gasteiger partial charge on any atom is 0.218 e. The second-order valence-corrected chi connectivity index (χ2v) is 6.15. The van der Waals surface area contributed by atoms with Crippen molar-refractivity contribution in [2.24, 2.45) is 4.99 Å². The van der Waals surface area contributed by atoms with E-state index in [-0.39, 0.29) is 0 Å². The van der Waals surface area contributed by atoms with Gasteiger partial charge >= 0.3 is 0 Å². The van der Waals surface area contributed by atoms with Crippen molar-refractivity contribution in [1.82, 2.24) is 15.2 Å². The molecule has 1 saturated heterocycles. The third-order valence-electron chi connectivity index (χ3n) is 4.48. The van der Waals surface area contributed by atoms with Crippen molar-refractivity contribution in [3.05, 3.63) is 54.2 Å². The first-order valence-corrected chi connectivity index (χ1v) is 9.13. The molecule has 0 spiro atoms. The molecule has 0 atom stereocenters. The van der Waals surface area contributed by atoms with E-state index < -0.39 is 0 Å². The number of methoxy groups -OCH3 is 1. The zero-order chi connectivity index (χ0) is 18.2. The number of aliphatic imine (C=N–C) groups is 1. The van der Waals surface area contributed by atoms with Gasteiger partial charge in [-0.2, -0.15) is 0 Å². The number of ether oxygens (including phenoxy) is 1. The van der Waals surface area contributed by atoms with Gasteiger partial charge in [-0.05, 0) is 25.1 Å². The maximum absolute atomic E-state index is 5.33. The van der Waals surface area contributed by atoms with Crippen molar-refractivity contribution in [1.29, 1.82) is 0 Å². The van der Waals surface area contributed by atoms with Gasteiger partial charge in [0.1, 0.15) is 0 Å². The van der Waals surface area contributed by atoms with Crippen LogP contribution < -0.4 is 15.0 Å². The topological polar surface area (TPSA) is 53.0 Å². The monoisotopic (exact) mass is 353 g/mol. The molecule has 0 unspecified atom stereocenters. The van der Waals surface area contributed by atoms with E-state index in [2.05, 4.69) is 57.4 Å². The molecule has 0 saturated carbocycles. The number of pyridine rings is 1. The molecule has 0 bridgehead atoms. The molecule has 26 heavy (non-hydrogen) atoms. The highest BCUT2D eigenvalue weighted by molar-refractivity contribution is 5.80. The van der Waals surface area contributed by atoms with Gasteiger partial charge in [-0.25, -0.2) is 9.98 Å². The van der Waals surface area contributed by atoms with Crippen molar-refractivity contribution in [2.45, 2.75) is 13.5 Å². The van der Waals surface area contributed by atoms with E-state index in [1.165, 1.54) is 5.69 Å². The van der Waals surface area contributed by atoms with E-state index in [1.807, 2.05) is 12.1 Å². The average Bonchev–Trinajstić information content (AvgIpc) is 2.72. The first kappa shape index (κ1) is 18.0. The molecule has 0 aliphatic carbocycles. The van der Waals surface area contributed by atoms with Crippen molar-refractivity contribution in [3.63, 3.8) is 0 Å². The number of piperazine rings is 1. The minimum Gasteiger partial charge on any atom is -0.481 e. The summed E-state index contributed by atoms with van der Waals surface area (Å²) in [5.74, 6) is 1.59. The zero-order valence-electron chi connectivity index (χ0n) is 15.6. The first-order valence-electron chi connectivity index (χ1n) is 9.13. The normalized spacial score (nSPS) is 15.1. The predicted molar refractivity (Wildman–Crippen MR) is 106 cm³/mol. The van der Waals surface area contributed by atoms with Crippen LogP contribution in [-0.2, 0) is 6.54 Å². The maximum atomic E-state index is 5.33. The number of hydrogen-bond donors (Lipinski definition) is 1. The molecule has 1 aromatic carbocycles. The summed E-state index contributed by atoms with van der Waals surface area (Å²) in [6.07, 6.45) is 1.74. The zero-order valence-corrected chi connectivity index (χ0v) is 15.6. The van der Waals surface area contributed by atoms with Gasteiger partial charge in [0, 0.05) is 50.2 Å². The number of para-hydroxylation sites is 1. The fourth-order valence-electron chi connectivity index (χ4n) is 3.13. The summed E-state index contributed by atoms with van der Waals surface area (Å²) in [6, 6.07) is 14.5. The highest BCUT2D eigenvalue weighted by Crippen LogP contribution is 2.17. The van der Waals surface area contributed by atoms with Crippen LogP contribution in [-0.4, -0.2) is 55.7 Å². The minimum atomic E-state index is 0.554. The van der Waals surface area contributed by atoms with E-state index in [0.29, 0.717) is 12.4 Å². The Morgan fingerprint density at radius 1 is 1.12 bits per heavy atom. The van der Waals surface area contributed by atoms with Gasteiger partial charge in [0.25, 0.3) is 0 Å². The molecule has 3 rings (SSSR count). The van der Waals surface area contributed by atoms with E-state index in [9.17, 15) is 0 Å². The Balaban J connectivity index is 1.65. The average molecular weight is 353 g/mol. The molecule has 6 heteroatoms. The van der Waals surface area contributed by atoms with Crippen LogP contribution in [0.5, 0.6) is 5.88 Å². The number of guanidine groups is 1. The Morgan fingerprint density at radius 3 is 2.58 bits per heavy atom. The van der Waals surface area contributed by atoms with Crippen molar-refractivity contribution >= 4 is 11.6 Å². The van der Waals surface area contributed by atoms with Crippen LogP contribution in [0, 0.1) is 0 Å². The van der Waals surface area contributed by atoms with E-state index in [0.717, 1.165) is 44.2 Å². The molecule has 6 nitrogen and oxygen atoms in total. The fraction of sp³-hybridized carbons (Fsp3) is 0.400. The lowest BCUT2D eigenvalue weighted by molar-refractivity contribution is 0.371. The molecule has 0 amide bonds. The molecule has 138 valence electrons. The van der Waals surface area contributed by atoms with Crippen molar-refractivity contribution in [2.75, 3.05) is 44.7 Å². The van der Waals surface area contributed by atoms with E-state index >= 15 is 0 Å². The Labute approximate surface area is 155 Å². The van der Waals surface area contributed by atoms with E-state index in [4.69, 9.17) is 9.73 Å². The standard InChI is InChI=1S/C20H27N5O/c1-3-21-20(23-16-17-8-7-11-22-19(17)26-2)25-14-12-24(13-15-25)18-9-5-4-6-10-18/h4-11H,3,12-16H2,1-2H3,(H,21,23). The molecule has 0 radical (unpaired) electrons. The Kier molecular flexibility index (Phi) is 6.30. The Morgan fingerprint density at radius 2 is 1.88 bits per heavy atom. The lowest BCUT2D eigenvalue weighted by atomic mass is 10.2. The SMILES string of the molecule is CCNC(=NCc1cccnc1OC)N1CCN(c2ccccc2)CC1. The van der Waals surface area contributed by atoms with Crippen LogP contribution in [0.4, 0.5) is 5.69 Å². The van der Waals surface area contributed by atoms with E-state index in [1.54, 1.807) is 13.3 Å². The van der Waals surface area contributed by atoms with Crippen LogP contribution in [0.15, 0.2) is 53.7 Å². The van der Waals surface area contributed by atoms with Gasteiger partial charge in [-0.3, -0.25) is 0 Å². The first-order chi connectivity index (χ1) is 12.8. The number of nitrogens with one attached hydrogen (secondary N) is 1. The number of anilines is 1. The number of benzene rings is 1. The van der Waals surface area contributed by atoms with Crippen molar-refractivity contribution < 1.29 is 4.74 Å². The molecular formula is C20H27N5O. The van der Waals surface area contributed by atoms with Crippen LogP contribution in [0.3, 0.4) is 0 Å². The molecule has 1 aromatic heterocycles. The molecule has 1 aliphatic heterocycles. The largest absolute Gasteiger partial charge is 0.481 e. The summed E-state index contributed by atoms with van der Waals surface area (Å²) in [6.45, 7) is 7.38. The smallest absolute Gasteiger partial charge is 0.218 e. The number of rotatable bonds is 5. The third kappa shape index (κ3) is 4.45. The molecule has 1 aliphatic rings. The summed E-state index contributed by atoms with van der Waals surface area (Å²) >= 11 is 0. The number of aromatic nitrogens is 1.